The summed E-state index contributed by atoms with van der Waals surface area (Å²) in [6.45, 7) is 12.9. The molecule has 3 fully saturated rings. The fourth-order valence-electron chi connectivity index (χ4n) is 7.46. The SMILES string of the molecule is CCOc1c(F)cc(S(=O)(=O)c2cnc3ccc(S(C)=O)cc3c2N2CCC(N3CCC(N4CCN(CC)CC4)CC3)CC2)cc1F. The molecular weight excluding hydrogens is 645 g/mol. The minimum absolute atomic E-state index is 0.0319. The van der Waals surface area contributed by atoms with Gasteiger partial charge in [0, 0.05) is 84.9 Å². The van der Waals surface area contributed by atoms with Gasteiger partial charge in [-0.1, -0.05) is 6.92 Å². The minimum Gasteiger partial charge on any atom is -0.488 e. The first kappa shape index (κ1) is 34.2. The van der Waals surface area contributed by atoms with Crippen molar-refractivity contribution < 1.29 is 26.1 Å². The number of hydrogen-bond donors (Lipinski definition) is 0. The second-order valence-corrected chi connectivity index (χ2v) is 16.0. The summed E-state index contributed by atoms with van der Waals surface area (Å²) in [5, 5.41) is 0.549. The largest absolute Gasteiger partial charge is 0.488 e. The van der Waals surface area contributed by atoms with Crippen LogP contribution in [0.5, 0.6) is 5.75 Å². The zero-order valence-electron chi connectivity index (χ0n) is 27.5. The highest BCUT2D eigenvalue weighted by Crippen LogP contribution is 2.39. The number of likely N-dealkylation sites (N-methyl/N-ethyl adjacent to an activating group) is 1. The maximum atomic E-state index is 14.9. The molecule has 1 atom stereocenters. The fourth-order valence-corrected chi connectivity index (χ4v) is 9.46. The predicted molar refractivity (Wildman–Crippen MR) is 181 cm³/mol. The molecular formula is C34H45F2N5O4S2. The van der Waals surface area contributed by atoms with Crippen LogP contribution >= 0.6 is 0 Å². The van der Waals surface area contributed by atoms with Crippen molar-refractivity contribution >= 4 is 37.2 Å². The molecule has 4 heterocycles. The van der Waals surface area contributed by atoms with Crippen molar-refractivity contribution in [3.63, 3.8) is 0 Å². The minimum atomic E-state index is -4.41. The number of piperazine rings is 1. The van der Waals surface area contributed by atoms with Crippen LogP contribution in [0.25, 0.3) is 10.9 Å². The third-order valence-electron chi connectivity index (χ3n) is 10.1. The third kappa shape index (κ3) is 7.05. The van der Waals surface area contributed by atoms with E-state index in [2.05, 4.69) is 31.5 Å². The molecule has 0 radical (unpaired) electrons. The normalized spacial score (nSPS) is 20.6. The lowest BCUT2D eigenvalue weighted by atomic mass is 9.96. The number of rotatable bonds is 9. The smallest absolute Gasteiger partial charge is 0.210 e. The quantitative estimate of drug-likeness (QED) is 0.321. The summed E-state index contributed by atoms with van der Waals surface area (Å²) in [5.41, 5.74) is 0.988. The van der Waals surface area contributed by atoms with Crippen molar-refractivity contribution in [1.82, 2.24) is 19.7 Å². The number of likely N-dealkylation sites (tertiary alicyclic amines) is 1. The lowest BCUT2D eigenvalue weighted by Gasteiger charge is -2.46. The van der Waals surface area contributed by atoms with Crippen molar-refractivity contribution in [1.29, 1.82) is 0 Å². The lowest BCUT2D eigenvalue weighted by molar-refractivity contribution is 0.0449. The molecule has 0 spiro atoms. The molecule has 1 unspecified atom stereocenters. The number of sulfone groups is 1. The third-order valence-corrected chi connectivity index (χ3v) is 12.8. The average molecular weight is 690 g/mol. The topological polar surface area (TPSA) is 86.3 Å². The Morgan fingerprint density at radius 1 is 0.872 bits per heavy atom. The van der Waals surface area contributed by atoms with E-state index in [1.807, 2.05) is 0 Å². The van der Waals surface area contributed by atoms with Gasteiger partial charge in [0.15, 0.2) is 17.4 Å². The van der Waals surface area contributed by atoms with E-state index in [9.17, 15) is 21.4 Å². The van der Waals surface area contributed by atoms with Crippen LogP contribution in [0.4, 0.5) is 14.5 Å². The summed E-state index contributed by atoms with van der Waals surface area (Å²) in [6, 6.07) is 7.82. The number of pyridine rings is 1. The molecule has 3 aliphatic heterocycles. The van der Waals surface area contributed by atoms with Gasteiger partial charge in [-0.15, -0.1) is 0 Å². The molecule has 0 aliphatic carbocycles. The molecule has 6 rings (SSSR count). The van der Waals surface area contributed by atoms with Gasteiger partial charge in [0.05, 0.1) is 22.7 Å². The van der Waals surface area contributed by atoms with Crippen LogP contribution in [0.15, 0.2) is 51.2 Å². The molecule has 47 heavy (non-hydrogen) atoms. The lowest BCUT2D eigenvalue weighted by Crippen LogP contribution is -2.55. The van der Waals surface area contributed by atoms with Crippen molar-refractivity contribution in [2.75, 3.05) is 76.7 Å². The highest BCUT2D eigenvalue weighted by atomic mass is 32.2. The number of benzene rings is 2. The molecule has 1 aromatic heterocycles. The zero-order chi connectivity index (χ0) is 33.3. The number of nitrogens with zero attached hydrogens (tertiary/aromatic N) is 5. The van der Waals surface area contributed by atoms with E-state index in [1.54, 1.807) is 31.4 Å². The number of piperidine rings is 2. The Morgan fingerprint density at radius 3 is 2.04 bits per heavy atom. The number of halogens is 2. The molecule has 2 aromatic carbocycles. The summed E-state index contributed by atoms with van der Waals surface area (Å²) in [5.74, 6) is -2.78. The Hall–Kier alpha value is -2.71. The number of hydrogen-bond acceptors (Lipinski definition) is 9. The van der Waals surface area contributed by atoms with Gasteiger partial charge in [-0.05, 0) is 82.6 Å². The molecule has 3 aliphatic rings. The first-order valence-electron chi connectivity index (χ1n) is 16.7. The van der Waals surface area contributed by atoms with E-state index >= 15 is 0 Å². The van der Waals surface area contributed by atoms with Gasteiger partial charge < -0.3 is 19.4 Å². The Morgan fingerprint density at radius 2 is 1.47 bits per heavy atom. The maximum Gasteiger partial charge on any atom is 0.210 e. The monoisotopic (exact) mass is 689 g/mol. The van der Waals surface area contributed by atoms with Gasteiger partial charge in [-0.2, -0.15) is 0 Å². The average Bonchev–Trinajstić information content (AvgIpc) is 3.09. The fraction of sp³-hybridized carbons (Fsp3) is 0.559. The van der Waals surface area contributed by atoms with Crippen LogP contribution in [0.2, 0.25) is 0 Å². The van der Waals surface area contributed by atoms with Crippen LogP contribution in [-0.2, 0) is 20.6 Å². The molecule has 9 nitrogen and oxygen atoms in total. The number of ether oxygens (including phenoxy) is 1. The second kappa shape index (κ2) is 14.4. The Bertz CT molecular complexity index is 1700. The van der Waals surface area contributed by atoms with Gasteiger partial charge in [-0.25, -0.2) is 17.2 Å². The van der Waals surface area contributed by atoms with Crippen LogP contribution in [0.3, 0.4) is 0 Å². The first-order valence-corrected chi connectivity index (χ1v) is 19.7. The van der Waals surface area contributed by atoms with Gasteiger partial charge in [-0.3, -0.25) is 14.1 Å². The summed E-state index contributed by atoms with van der Waals surface area (Å²) < 4.78 is 75.5. The van der Waals surface area contributed by atoms with Crippen LogP contribution in [-0.4, -0.2) is 116 Å². The van der Waals surface area contributed by atoms with Crippen molar-refractivity contribution in [2.24, 2.45) is 0 Å². The van der Waals surface area contributed by atoms with E-state index < -0.39 is 42.9 Å². The number of aromatic nitrogens is 1. The Kier molecular flexibility index (Phi) is 10.5. The molecule has 0 saturated carbocycles. The molecule has 0 bridgehead atoms. The number of anilines is 1. The Balaban J connectivity index is 1.25. The molecule has 3 aromatic rings. The molecule has 0 amide bonds. The van der Waals surface area contributed by atoms with Crippen molar-refractivity contribution in [3.8, 4) is 5.75 Å². The Labute approximate surface area is 279 Å². The second-order valence-electron chi connectivity index (χ2n) is 12.7. The standard InChI is InChI=1S/C34H45F2N5O4S2/c1-4-38-16-18-40(19-17-38)25-8-12-39(13-9-25)24-10-14-41(15-11-24)33-28-20-26(46(3)42)6-7-31(28)37-23-32(33)47(43,44)27-21-29(35)34(45-5-2)30(36)22-27/h6-7,20-25H,4-5,8-19H2,1-3H3. The highest BCUT2D eigenvalue weighted by Gasteiger charge is 2.34. The molecule has 13 heteroatoms. The maximum absolute atomic E-state index is 14.9. The van der Waals surface area contributed by atoms with Crippen LogP contribution in [0.1, 0.15) is 39.5 Å². The van der Waals surface area contributed by atoms with Gasteiger partial charge in [0.1, 0.15) is 4.90 Å². The van der Waals surface area contributed by atoms with Gasteiger partial charge >= 0.3 is 0 Å². The van der Waals surface area contributed by atoms with E-state index in [-0.39, 0.29) is 11.5 Å². The summed E-state index contributed by atoms with van der Waals surface area (Å²) >= 11 is 0. The number of fused-ring (bicyclic) bond motifs is 1. The first-order chi connectivity index (χ1) is 22.6. The van der Waals surface area contributed by atoms with E-state index in [4.69, 9.17) is 4.74 Å². The van der Waals surface area contributed by atoms with Crippen molar-refractivity contribution in [2.45, 2.75) is 66.3 Å². The highest BCUT2D eigenvalue weighted by molar-refractivity contribution is 7.91. The molecule has 256 valence electrons. The van der Waals surface area contributed by atoms with E-state index in [1.165, 1.54) is 6.20 Å². The summed E-state index contributed by atoms with van der Waals surface area (Å²) in [4.78, 5) is 14.2. The summed E-state index contributed by atoms with van der Waals surface area (Å²) in [6.07, 6.45) is 6.88. The van der Waals surface area contributed by atoms with Gasteiger partial charge in [0.2, 0.25) is 9.84 Å². The van der Waals surface area contributed by atoms with E-state index in [0.29, 0.717) is 46.7 Å². The van der Waals surface area contributed by atoms with Gasteiger partial charge in [0.25, 0.3) is 0 Å². The summed E-state index contributed by atoms with van der Waals surface area (Å²) in [7, 11) is -5.72. The predicted octanol–water partition coefficient (Wildman–Crippen LogP) is 4.55. The van der Waals surface area contributed by atoms with Crippen LogP contribution in [0, 0.1) is 11.6 Å². The molecule has 3 saturated heterocycles. The van der Waals surface area contributed by atoms with E-state index in [0.717, 1.165) is 83.6 Å². The van der Waals surface area contributed by atoms with Crippen LogP contribution < -0.4 is 9.64 Å². The van der Waals surface area contributed by atoms with Crippen molar-refractivity contribution in [3.05, 3.63) is 48.2 Å². The zero-order valence-corrected chi connectivity index (χ0v) is 29.1. The molecule has 0 N–H and O–H groups in total.